The van der Waals surface area contributed by atoms with E-state index in [0.717, 1.165) is 33.1 Å². The third-order valence-corrected chi connectivity index (χ3v) is 5.02. The second-order valence-corrected chi connectivity index (χ2v) is 6.34. The van der Waals surface area contributed by atoms with E-state index in [-0.39, 0.29) is 0 Å². The number of fused-ring (bicyclic) bond motifs is 2. The molecule has 0 spiro atoms. The zero-order valence-corrected chi connectivity index (χ0v) is 12.2. The van der Waals surface area contributed by atoms with E-state index in [1.165, 1.54) is 12.8 Å². The van der Waals surface area contributed by atoms with Crippen molar-refractivity contribution in [1.29, 1.82) is 0 Å². The summed E-state index contributed by atoms with van der Waals surface area (Å²) in [4.78, 5) is 4.49. The van der Waals surface area contributed by atoms with Crippen LogP contribution >= 0.6 is 11.6 Å². The van der Waals surface area contributed by atoms with Gasteiger partial charge >= 0.3 is 0 Å². The molecule has 2 aliphatic rings. The van der Waals surface area contributed by atoms with Crippen LogP contribution in [0.3, 0.4) is 0 Å². The summed E-state index contributed by atoms with van der Waals surface area (Å²) in [6.45, 7) is 2.06. The summed E-state index contributed by atoms with van der Waals surface area (Å²) in [6.07, 6.45) is 8.99. The molecule has 0 radical (unpaired) electrons. The molecule has 3 atom stereocenters. The van der Waals surface area contributed by atoms with Gasteiger partial charge in [0.1, 0.15) is 0 Å². The average Bonchev–Trinajstić information content (AvgIpc) is 2.80. The minimum atomic E-state index is 0.516. The van der Waals surface area contributed by atoms with Crippen LogP contribution in [0.15, 0.2) is 36.5 Å². The van der Waals surface area contributed by atoms with Gasteiger partial charge < -0.3 is 5.32 Å². The number of halogens is 1. The van der Waals surface area contributed by atoms with E-state index in [1.807, 2.05) is 18.3 Å². The first-order valence-electron chi connectivity index (χ1n) is 7.21. The molecule has 20 heavy (non-hydrogen) atoms. The standard InChI is InChI=1S/C17H17ClN2/c1-10-8-14(18)17(13-6-3-7-19-16(10)13)20-15-9-11-4-2-5-12(11)15/h2-3,5-8,11-12,15,20H,4,9H2,1H3. The van der Waals surface area contributed by atoms with Gasteiger partial charge in [-0.3, -0.25) is 4.98 Å². The van der Waals surface area contributed by atoms with E-state index in [0.29, 0.717) is 12.0 Å². The molecule has 2 aliphatic carbocycles. The Bertz CT molecular complexity index is 707. The van der Waals surface area contributed by atoms with Crippen LogP contribution in [0.25, 0.3) is 10.9 Å². The number of nitrogens with zero attached hydrogens (tertiary/aromatic N) is 1. The predicted octanol–water partition coefficient (Wildman–Crippen LogP) is 4.57. The highest BCUT2D eigenvalue weighted by Crippen LogP contribution is 2.45. The molecule has 0 saturated heterocycles. The number of anilines is 1. The van der Waals surface area contributed by atoms with E-state index in [1.54, 1.807) is 0 Å². The van der Waals surface area contributed by atoms with Crippen LogP contribution < -0.4 is 5.32 Å². The van der Waals surface area contributed by atoms with Crippen LogP contribution in [0, 0.1) is 18.8 Å². The van der Waals surface area contributed by atoms with Crippen molar-refractivity contribution >= 4 is 28.2 Å². The van der Waals surface area contributed by atoms with Crippen molar-refractivity contribution in [2.45, 2.75) is 25.8 Å². The Labute approximate surface area is 123 Å². The summed E-state index contributed by atoms with van der Waals surface area (Å²) in [6, 6.07) is 6.61. The number of rotatable bonds is 2. The van der Waals surface area contributed by atoms with Crippen LogP contribution in [-0.2, 0) is 0 Å². The number of hydrogen-bond acceptors (Lipinski definition) is 2. The lowest BCUT2D eigenvalue weighted by Crippen LogP contribution is -2.43. The Morgan fingerprint density at radius 2 is 2.30 bits per heavy atom. The fourth-order valence-electron chi connectivity index (χ4n) is 3.60. The van der Waals surface area contributed by atoms with Crippen molar-refractivity contribution in [3.05, 3.63) is 47.1 Å². The molecular weight excluding hydrogens is 268 g/mol. The van der Waals surface area contributed by atoms with E-state index in [9.17, 15) is 0 Å². The van der Waals surface area contributed by atoms with Crippen LogP contribution in [0.2, 0.25) is 5.02 Å². The van der Waals surface area contributed by atoms with Gasteiger partial charge in [0.15, 0.2) is 0 Å². The number of hydrogen-bond donors (Lipinski definition) is 1. The topological polar surface area (TPSA) is 24.9 Å². The monoisotopic (exact) mass is 284 g/mol. The molecule has 2 aromatic rings. The molecule has 0 bridgehead atoms. The Hall–Kier alpha value is -1.54. The van der Waals surface area contributed by atoms with Gasteiger partial charge in [-0.1, -0.05) is 23.8 Å². The lowest BCUT2D eigenvalue weighted by atomic mass is 9.71. The van der Waals surface area contributed by atoms with Gasteiger partial charge in [0.25, 0.3) is 0 Å². The Morgan fingerprint density at radius 1 is 1.40 bits per heavy atom. The molecule has 3 heteroatoms. The first kappa shape index (κ1) is 12.2. The van der Waals surface area contributed by atoms with Crippen molar-refractivity contribution in [2.75, 3.05) is 5.32 Å². The fraction of sp³-hybridized carbons (Fsp3) is 0.353. The molecule has 1 fully saturated rings. The maximum Gasteiger partial charge on any atom is 0.0752 e. The number of benzene rings is 1. The van der Waals surface area contributed by atoms with Gasteiger partial charge in [-0.15, -0.1) is 0 Å². The van der Waals surface area contributed by atoms with E-state index >= 15 is 0 Å². The fourth-order valence-corrected chi connectivity index (χ4v) is 3.92. The summed E-state index contributed by atoms with van der Waals surface area (Å²) < 4.78 is 0. The Kier molecular flexibility index (Phi) is 2.74. The number of allylic oxidation sites excluding steroid dienone is 1. The van der Waals surface area contributed by atoms with Crippen molar-refractivity contribution in [3.63, 3.8) is 0 Å². The number of aromatic nitrogens is 1. The highest BCUT2D eigenvalue weighted by atomic mass is 35.5. The third-order valence-electron chi connectivity index (χ3n) is 4.73. The molecule has 1 heterocycles. The SMILES string of the molecule is Cc1cc(Cl)c(NC2CC3CC=CC32)c2cccnc12. The maximum absolute atomic E-state index is 6.47. The molecule has 0 aliphatic heterocycles. The summed E-state index contributed by atoms with van der Waals surface area (Å²) in [5.74, 6) is 1.53. The summed E-state index contributed by atoms with van der Waals surface area (Å²) in [5.41, 5.74) is 3.21. The largest absolute Gasteiger partial charge is 0.380 e. The van der Waals surface area contributed by atoms with Gasteiger partial charge in [-0.2, -0.15) is 0 Å². The average molecular weight is 285 g/mol. The van der Waals surface area contributed by atoms with Crippen LogP contribution in [-0.4, -0.2) is 11.0 Å². The Balaban J connectivity index is 1.74. The predicted molar refractivity (Wildman–Crippen MR) is 84.3 cm³/mol. The molecule has 2 nitrogen and oxygen atoms in total. The zero-order valence-electron chi connectivity index (χ0n) is 11.4. The van der Waals surface area contributed by atoms with Gasteiger partial charge in [0.05, 0.1) is 16.2 Å². The third kappa shape index (κ3) is 1.75. The second-order valence-electron chi connectivity index (χ2n) is 5.94. The molecule has 1 aromatic carbocycles. The summed E-state index contributed by atoms with van der Waals surface area (Å²) in [7, 11) is 0. The van der Waals surface area contributed by atoms with Crippen LogP contribution in [0.4, 0.5) is 5.69 Å². The first-order chi connectivity index (χ1) is 9.74. The number of nitrogens with one attached hydrogen (secondary N) is 1. The quantitative estimate of drug-likeness (QED) is 0.817. The van der Waals surface area contributed by atoms with Crippen molar-refractivity contribution in [2.24, 2.45) is 11.8 Å². The highest BCUT2D eigenvalue weighted by molar-refractivity contribution is 6.35. The van der Waals surface area contributed by atoms with Crippen LogP contribution in [0.5, 0.6) is 0 Å². The molecule has 0 amide bonds. The highest BCUT2D eigenvalue weighted by Gasteiger charge is 2.41. The molecule has 1 N–H and O–H groups in total. The minimum absolute atomic E-state index is 0.516. The zero-order chi connectivity index (χ0) is 13.7. The maximum atomic E-state index is 6.47. The van der Waals surface area contributed by atoms with Gasteiger partial charge in [-0.25, -0.2) is 0 Å². The number of pyridine rings is 1. The first-order valence-corrected chi connectivity index (χ1v) is 7.59. The lowest BCUT2D eigenvalue weighted by Gasteiger charge is -2.41. The lowest BCUT2D eigenvalue weighted by molar-refractivity contribution is 0.218. The van der Waals surface area contributed by atoms with Crippen molar-refractivity contribution < 1.29 is 0 Å². The molecule has 1 aromatic heterocycles. The van der Waals surface area contributed by atoms with Gasteiger partial charge in [-0.05, 0) is 49.4 Å². The van der Waals surface area contributed by atoms with E-state index in [2.05, 4.69) is 35.4 Å². The molecule has 3 unspecified atom stereocenters. The van der Waals surface area contributed by atoms with Crippen molar-refractivity contribution in [1.82, 2.24) is 4.98 Å². The van der Waals surface area contributed by atoms with Gasteiger partial charge in [0, 0.05) is 23.5 Å². The molecule has 1 saturated carbocycles. The normalized spacial score (nSPS) is 27.4. The second kappa shape index (κ2) is 4.49. The van der Waals surface area contributed by atoms with Crippen molar-refractivity contribution in [3.8, 4) is 0 Å². The minimum Gasteiger partial charge on any atom is -0.380 e. The molecular formula is C17H17ClN2. The van der Waals surface area contributed by atoms with Gasteiger partial charge in [0.2, 0.25) is 0 Å². The van der Waals surface area contributed by atoms with E-state index < -0.39 is 0 Å². The smallest absolute Gasteiger partial charge is 0.0752 e. The number of aryl methyl sites for hydroxylation is 1. The molecule has 102 valence electrons. The van der Waals surface area contributed by atoms with Crippen LogP contribution in [0.1, 0.15) is 18.4 Å². The molecule has 4 rings (SSSR count). The van der Waals surface area contributed by atoms with E-state index in [4.69, 9.17) is 11.6 Å². The Morgan fingerprint density at radius 3 is 3.15 bits per heavy atom. The summed E-state index contributed by atoms with van der Waals surface area (Å²) in [5, 5.41) is 5.59. The summed E-state index contributed by atoms with van der Waals surface area (Å²) >= 11 is 6.47.